The van der Waals surface area contributed by atoms with Crippen LogP contribution in [0.2, 0.25) is 5.02 Å². The summed E-state index contributed by atoms with van der Waals surface area (Å²) in [7, 11) is 1.57. The van der Waals surface area contributed by atoms with Crippen LogP contribution in [-0.4, -0.2) is 34.4 Å². The first-order valence-electron chi connectivity index (χ1n) is 13.1. The van der Waals surface area contributed by atoms with Crippen molar-refractivity contribution >= 4 is 56.8 Å². The summed E-state index contributed by atoms with van der Waals surface area (Å²) >= 11 is 11.5. The molecule has 4 aromatic rings. The Morgan fingerprint density at radius 2 is 1.93 bits per heavy atom. The molecule has 1 aliphatic rings. The molecule has 2 N–H and O–H groups in total. The third-order valence-electron chi connectivity index (χ3n) is 6.48. The number of amides is 1. The first kappa shape index (κ1) is 29.0. The molecule has 8 nitrogen and oxygen atoms in total. The largest absolute Gasteiger partial charge is 0.495 e. The Bertz CT molecular complexity index is 1610. The van der Waals surface area contributed by atoms with E-state index in [9.17, 15) is 4.79 Å². The summed E-state index contributed by atoms with van der Waals surface area (Å²) in [4.78, 5) is 18.8. The van der Waals surface area contributed by atoms with Crippen LogP contribution < -0.4 is 20.1 Å². The number of fused-ring (bicyclic) bond motifs is 1. The lowest BCUT2D eigenvalue weighted by molar-refractivity contribution is -0.113. The number of nitrogens with zero attached hydrogens (tertiary/aromatic N) is 3. The van der Waals surface area contributed by atoms with Gasteiger partial charge in [0.15, 0.2) is 0 Å². The number of hydrogen-bond donors (Lipinski definition) is 2. The Morgan fingerprint density at radius 3 is 2.71 bits per heavy atom. The number of rotatable bonds is 10. The molecule has 41 heavy (non-hydrogen) atoms. The molecule has 1 atom stereocenters. The fourth-order valence-corrected chi connectivity index (χ4v) is 6.04. The quantitative estimate of drug-likeness (QED) is 0.169. The Morgan fingerprint density at radius 1 is 1.15 bits per heavy atom. The van der Waals surface area contributed by atoms with Gasteiger partial charge in [0.25, 0.3) is 5.91 Å². The van der Waals surface area contributed by atoms with Crippen LogP contribution >= 0.6 is 39.3 Å². The SMILES string of the molecule is CCCOc1ccc(Br)cc1C1C(C(=O)Nc2ccccc2OC)=C(C)Nc2nc(SCc3ccccc3Cl)nn21. The molecule has 1 unspecified atom stereocenters. The predicted molar refractivity (Wildman–Crippen MR) is 167 cm³/mol. The third kappa shape index (κ3) is 6.39. The van der Waals surface area contributed by atoms with E-state index in [2.05, 4.69) is 33.5 Å². The number of thioether (sulfide) groups is 1. The van der Waals surface area contributed by atoms with Crippen molar-refractivity contribution < 1.29 is 14.3 Å². The molecule has 0 spiro atoms. The van der Waals surface area contributed by atoms with Gasteiger partial charge in [-0.3, -0.25) is 4.79 Å². The van der Waals surface area contributed by atoms with Gasteiger partial charge in [0.2, 0.25) is 11.1 Å². The Balaban J connectivity index is 1.57. The molecule has 5 rings (SSSR count). The van der Waals surface area contributed by atoms with Gasteiger partial charge in [0, 0.05) is 26.5 Å². The van der Waals surface area contributed by atoms with Gasteiger partial charge in [0.1, 0.15) is 17.5 Å². The van der Waals surface area contributed by atoms with Gasteiger partial charge < -0.3 is 20.1 Å². The minimum atomic E-state index is -0.618. The normalized spacial score (nSPS) is 14.3. The molecule has 0 bridgehead atoms. The van der Waals surface area contributed by atoms with Crippen LogP contribution in [0.4, 0.5) is 11.6 Å². The summed E-state index contributed by atoms with van der Waals surface area (Å²) in [6.07, 6.45) is 0.842. The second-order valence-corrected chi connectivity index (χ2v) is 11.6. The highest BCUT2D eigenvalue weighted by atomic mass is 79.9. The molecule has 0 aliphatic carbocycles. The molecule has 2 heterocycles. The second-order valence-electron chi connectivity index (χ2n) is 9.29. The van der Waals surface area contributed by atoms with E-state index in [1.165, 1.54) is 11.8 Å². The number of aromatic nitrogens is 3. The number of carbonyl (C=O) groups excluding carboxylic acids is 1. The van der Waals surface area contributed by atoms with E-state index in [1.54, 1.807) is 23.9 Å². The average molecular weight is 655 g/mol. The second kappa shape index (κ2) is 13.0. The predicted octanol–water partition coefficient (Wildman–Crippen LogP) is 7.71. The van der Waals surface area contributed by atoms with Crippen molar-refractivity contribution in [1.82, 2.24) is 14.8 Å². The van der Waals surface area contributed by atoms with E-state index >= 15 is 0 Å². The van der Waals surface area contributed by atoms with Crippen molar-refractivity contribution in [2.75, 3.05) is 24.4 Å². The number of nitrogens with one attached hydrogen (secondary N) is 2. The van der Waals surface area contributed by atoms with E-state index < -0.39 is 6.04 Å². The number of ether oxygens (including phenoxy) is 2. The molecular weight excluding hydrogens is 626 g/mol. The third-order valence-corrected chi connectivity index (χ3v) is 8.22. The van der Waals surface area contributed by atoms with Crippen LogP contribution in [0.5, 0.6) is 11.5 Å². The van der Waals surface area contributed by atoms with Crippen LogP contribution in [0.3, 0.4) is 0 Å². The topological polar surface area (TPSA) is 90.3 Å². The van der Waals surface area contributed by atoms with Crippen LogP contribution in [0, 0.1) is 0 Å². The summed E-state index contributed by atoms with van der Waals surface area (Å²) in [5.41, 5.74) is 3.48. The molecule has 0 saturated heterocycles. The maximum absolute atomic E-state index is 14.0. The molecule has 1 aliphatic heterocycles. The molecule has 212 valence electrons. The number of hydrogen-bond acceptors (Lipinski definition) is 7. The first-order chi connectivity index (χ1) is 19.9. The number of carbonyl (C=O) groups is 1. The van der Waals surface area contributed by atoms with E-state index in [0.717, 1.165) is 22.0 Å². The number of anilines is 2. The lowest BCUT2D eigenvalue weighted by atomic mass is 9.94. The number of benzene rings is 3. The zero-order valence-corrected chi connectivity index (χ0v) is 25.9. The lowest BCUT2D eigenvalue weighted by Crippen LogP contribution is -2.32. The molecule has 0 fully saturated rings. The van der Waals surface area contributed by atoms with E-state index in [-0.39, 0.29) is 5.91 Å². The van der Waals surface area contributed by atoms with Gasteiger partial charge in [-0.2, -0.15) is 4.98 Å². The zero-order valence-electron chi connectivity index (χ0n) is 22.8. The molecule has 1 amide bonds. The summed E-state index contributed by atoms with van der Waals surface area (Å²) < 4.78 is 14.2. The van der Waals surface area contributed by atoms with Crippen molar-refractivity contribution in [2.24, 2.45) is 0 Å². The van der Waals surface area contributed by atoms with Crippen LogP contribution in [0.1, 0.15) is 37.4 Å². The van der Waals surface area contributed by atoms with Crippen molar-refractivity contribution in [3.63, 3.8) is 0 Å². The monoisotopic (exact) mass is 653 g/mol. The number of halogens is 2. The van der Waals surface area contributed by atoms with Gasteiger partial charge in [-0.05, 0) is 55.3 Å². The van der Waals surface area contributed by atoms with Crippen molar-refractivity contribution in [1.29, 1.82) is 0 Å². The molecule has 0 radical (unpaired) electrons. The molecule has 0 saturated carbocycles. The Hall–Kier alpha value is -3.47. The van der Waals surface area contributed by atoms with Crippen molar-refractivity contribution in [2.45, 2.75) is 37.2 Å². The summed E-state index contributed by atoms with van der Waals surface area (Å²) in [6.45, 7) is 4.45. The highest BCUT2D eigenvalue weighted by Crippen LogP contribution is 2.42. The van der Waals surface area contributed by atoms with Crippen LogP contribution in [0.25, 0.3) is 0 Å². The highest BCUT2D eigenvalue weighted by molar-refractivity contribution is 9.10. The summed E-state index contributed by atoms with van der Waals surface area (Å²) in [6, 6.07) is 20.2. The zero-order chi connectivity index (χ0) is 28.9. The van der Waals surface area contributed by atoms with Gasteiger partial charge >= 0.3 is 0 Å². The minimum Gasteiger partial charge on any atom is -0.495 e. The lowest BCUT2D eigenvalue weighted by Gasteiger charge is -2.30. The van der Waals surface area contributed by atoms with Crippen LogP contribution in [0.15, 0.2) is 87.6 Å². The molecule has 11 heteroatoms. The van der Waals surface area contributed by atoms with Crippen LogP contribution in [-0.2, 0) is 10.5 Å². The highest BCUT2D eigenvalue weighted by Gasteiger charge is 2.36. The van der Waals surface area contributed by atoms with E-state index in [0.29, 0.717) is 56.9 Å². The number of para-hydroxylation sites is 2. The van der Waals surface area contributed by atoms with Crippen molar-refractivity contribution in [3.8, 4) is 11.5 Å². The number of methoxy groups -OCH3 is 1. The van der Waals surface area contributed by atoms with Gasteiger partial charge in [0.05, 0.1) is 25.0 Å². The molecular formula is C30H29BrClN5O3S. The minimum absolute atomic E-state index is 0.294. The standard InChI is InChI=1S/C30H29BrClN5O3S/c1-4-15-40-24-14-13-20(31)16-21(24)27-26(28(38)34-23-11-7-8-12-25(23)39-3)18(2)33-29-35-30(36-37(27)29)41-17-19-9-5-6-10-22(19)32/h5-14,16,27H,4,15,17H2,1-3H3,(H,34,38)(H,33,35,36). The number of allylic oxidation sites excluding steroid dienone is 1. The van der Waals surface area contributed by atoms with Gasteiger partial charge in [-0.25, -0.2) is 4.68 Å². The summed E-state index contributed by atoms with van der Waals surface area (Å²) in [5, 5.41) is 12.4. The Labute approximate surface area is 256 Å². The average Bonchev–Trinajstić information content (AvgIpc) is 3.38. The van der Waals surface area contributed by atoms with E-state index in [1.807, 2.05) is 61.5 Å². The first-order valence-corrected chi connectivity index (χ1v) is 15.2. The smallest absolute Gasteiger partial charge is 0.255 e. The van der Waals surface area contributed by atoms with E-state index in [4.69, 9.17) is 31.2 Å². The van der Waals surface area contributed by atoms with Crippen molar-refractivity contribution in [3.05, 3.63) is 98.6 Å². The van der Waals surface area contributed by atoms with Gasteiger partial charge in [-0.15, -0.1) is 5.10 Å². The maximum Gasteiger partial charge on any atom is 0.255 e. The van der Waals surface area contributed by atoms with Gasteiger partial charge in [-0.1, -0.05) is 76.5 Å². The maximum atomic E-state index is 14.0. The fourth-order valence-electron chi connectivity index (χ4n) is 4.55. The fraction of sp³-hybridized carbons (Fsp3) is 0.233. The Kier molecular flexibility index (Phi) is 9.22. The molecule has 1 aromatic heterocycles. The summed E-state index contributed by atoms with van der Waals surface area (Å²) in [5.74, 6) is 2.07. The molecule has 3 aromatic carbocycles.